The lowest BCUT2D eigenvalue weighted by molar-refractivity contribution is -0.113. The molecule has 3 N–H and O–H groups in total. The second-order valence-corrected chi connectivity index (χ2v) is 5.60. The summed E-state index contributed by atoms with van der Waals surface area (Å²) in [6.45, 7) is 0. The molecule has 1 atom stereocenters. The summed E-state index contributed by atoms with van der Waals surface area (Å²) in [6, 6.07) is 8.48. The normalized spacial score (nSPS) is 11.7. The summed E-state index contributed by atoms with van der Waals surface area (Å²) in [5, 5.41) is 2.67. The van der Waals surface area contributed by atoms with Crippen molar-refractivity contribution in [2.75, 3.05) is 23.9 Å². The van der Waals surface area contributed by atoms with E-state index in [1.165, 1.54) is 12.4 Å². The van der Waals surface area contributed by atoms with Crippen molar-refractivity contribution in [2.24, 2.45) is 0 Å². The van der Waals surface area contributed by atoms with Gasteiger partial charge in [-0.05, 0) is 18.2 Å². The van der Waals surface area contributed by atoms with Crippen LogP contribution in [-0.2, 0) is 15.6 Å². The van der Waals surface area contributed by atoms with Crippen molar-refractivity contribution in [2.45, 2.75) is 4.90 Å². The molecule has 2 aromatic rings. The molecule has 1 heterocycles. The minimum Gasteiger partial charge on any atom is -0.497 e. The zero-order chi connectivity index (χ0) is 15.2. The lowest BCUT2D eigenvalue weighted by Gasteiger charge is -2.08. The number of carbonyl (C=O) groups excluding carboxylic acids is 1. The lowest BCUT2D eigenvalue weighted by Crippen LogP contribution is -2.20. The summed E-state index contributed by atoms with van der Waals surface area (Å²) in [7, 11) is 0.0297. The third-order valence-corrected chi connectivity index (χ3v) is 4.06. The molecule has 0 saturated heterocycles. The van der Waals surface area contributed by atoms with E-state index in [4.69, 9.17) is 10.5 Å². The van der Waals surface area contributed by atoms with Crippen molar-refractivity contribution < 1.29 is 13.7 Å². The Morgan fingerprint density at radius 1 is 1.43 bits per heavy atom. The van der Waals surface area contributed by atoms with E-state index >= 15 is 0 Å². The molecule has 6 nitrogen and oxygen atoms in total. The average Bonchev–Trinajstić information content (AvgIpc) is 2.47. The maximum atomic E-state index is 12.1. The third kappa shape index (κ3) is 4.03. The molecule has 0 radical (unpaired) electrons. The summed E-state index contributed by atoms with van der Waals surface area (Å²) in [5.41, 5.74) is 6.58. The van der Waals surface area contributed by atoms with Crippen molar-refractivity contribution in [3.8, 4) is 5.75 Å². The van der Waals surface area contributed by atoms with Gasteiger partial charge in [-0.25, -0.2) is 0 Å². The average molecular weight is 305 g/mol. The summed E-state index contributed by atoms with van der Waals surface area (Å²) in [4.78, 5) is 16.1. The number of rotatable bonds is 5. The SMILES string of the molecule is COc1cccc(NC(=O)CS(=O)c2ccncc2N)c1. The number of hydrogen-bond acceptors (Lipinski definition) is 5. The van der Waals surface area contributed by atoms with Crippen LogP contribution in [0, 0.1) is 0 Å². The van der Waals surface area contributed by atoms with Crippen molar-refractivity contribution in [3.63, 3.8) is 0 Å². The highest BCUT2D eigenvalue weighted by molar-refractivity contribution is 7.86. The number of nitrogens with one attached hydrogen (secondary N) is 1. The standard InChI is InChI=1S/C14H15N3O3S/c1-20-11-4-2-3-10(7-11)17-14(18)9-21(19)13-5-6-16-8-12(13)15/h2-8H,9,15H2,1H3,(H,17,18). The van der Waals surface area contributed by atoms with Gasteiger partial charge in [-0.15, -0.1) is 0 Å². The van der Waals surface area contributed by atoms with E-state index in [1.54, 1.807) is 37.4 Å². The highest BCUT2D eigenvalue weighted by Gasteiger charge is 2.13. The van der Waals surface area contributed by atoms with Crippen LogP contribution in [0.2, 0.25) is 0 Å². The van der Waals surface area contributed by atoms with Gasteiger partial charge in [0.15, 0.2) is 0 Å². The fourth-order valence-corrected chi connectivity index (χ4v) is 2.69. The van der Waals surface area contributed by atoms with Crippen LogP contribution in [0.25, 0.3) is 0 Å². The maximum absolute atomic E-state index is 12.1. The van der Waals surface area contributed by atoms with Gasteiger partial charge in [0.05, 0.1) is 34.7 Å². The topological polar surface area (TPSA) is 94.3 Å². The molecule has 0 bridgehead atoms. The van der Waals surface area contributed by atoms with E-state index in [0.29, 0.717) is 22.0 Å². The fourth-order valence-electron chi connectivity index (χ4n) is 1.70. The van der Waals surface area contributed by atoms with Crippen LogP contribution in [0.5, 0.6) is 5.75 Å². The predicted molar refractivity (Wildman–Crippen MR) is 81.5 cm³/mol. The van der Waals surface area contributed by atoms with Crippen LogP contribution in [0.4, 0.5) is 11.4 Å². The van der Waals surface area contributed by atoms with E-state index in [0.717, 1.165) is 0 Å². The van der Waals surface area contributed by atoms with Crippen molar-refractivity contribution in [3.05, 3.63) is 42.7 Å². The van der Waals surface area contributed by atoms with E-state index in [2.05, 4.69) is 10.3 Å². The number of nitrogens with two attached hydrogens (primary N) is 1. The fraction of sp³-hybridized carbons (Fsp3) is 0.143. The van der Waals surface area contributed by atoms with Crippen molar-refractivity contribution in [1.82, 2.24) is 4.98 Å². The van der Waals surface area contributed by atoms with E-state index in [1.807, 2.05) is 0 Å². The van der Waals surface area contributed by atoms with Crippen LogP contribution >= 0.6 is 0 Å². The third-order valence-electron chi connectivity index (χ3n) is 2.67. The first kappa shape index (κ1) is 15.0. The number of hydrogen-bond donors (Lipinski definition) is 2. The van der Waals surface area contributed by atoms with Gasteiger partial charge in [-0.1, -0.05) is 6.07 Å². The summed E-state index contributed by atoms with van der Waals surface area (Å²) >= 11 is 0. The van der Waals surface area contributed by atoms with Crippen LogP contribution < -0.4 is 15.8 Å². The Hall–Kier alpha value is -2.41. The summed E-state index contributed by atoms with van der Waals surface area (Å²) in [5.74, 6) is 0.0934. The molecule has 0 spiro atoms. The first-order valence-electron chi connectivity index (χ1n) is 6.12. The first-order valence-corrected chi connectivity index (χ1v) is 7.44. The highest BCUT2D eigenvalue weighted by atomic mass is 32.2. The largest absolute Gasteiger partial charge is 0.497 e. The zero-order valence-corrected chi connectivity index (χ0v) is 12.2. The smallest absolute Gasteiger partial charge is 0.237 e. The van der Waals surface area contributed by atoms with Gasteiger partial charge < -0.3 is 15.8 Å². The molecule has 0 aliphatic heterocycles. The first-order chi connectivity index (χ1) is 10.1. The molecular weight excluding hydrogens is 290 g/mol. The Balaban J connectivity index is 2.01. The molecule has 0 aliphatic rings. The summed E-state index contributed by atoms with van der Waals surface area (Å²) in [6.07, 6.45) is 2.90. The molecule has 1 aromatic carbocycles. The number of benzene rings is 1. The van der Waals surface area contributed by atoms with Gasteiger partial charge in [-0.2, -0.15) is 0 Å². The zero-order valence-electron chi connectivity index (χ0n) is 11.4. The molecule has 1 aromatic heterocycles. The van der Waals surface area contributed by atoms with Gasteiger partial charge in [0.1, 0.15) is 11.5 Å². The second-order valence-electron chi connectivity index (χ2n) is 4.18. The Morgan fingerprint density at radius 3 is 2.95 bits per heavy atom. The number of pyridine rings is 1. The number of methoxy groups -OCH3 is 1. The van der Waals surface area contributed by atoms with Crippen LogP contribution in [0.3, 0.4) is 0 Å². The van der Waals surface area contributed by atoms with Crippen LogP contribution in [0.1, 0.15) is 0 Å². The molecule has 0 fully saturated rings. The van der Waals surface area contributed by atoms with Gasteiger partial charge in [0, 0.05) is 18.0 Å². The molecule has 110 valence electrons. The second kappa shape index (κ2) is 6.85. The monoisotopic (exact) mass is 305 g/mol. The lowest BCUT2D eigenvalue weighted by atomic mass is 10.3. The van der Waals surface area contributed by atoms with Gasteiger partial charge >= 0.3 is 0 Å². The number of aromatic nitrogens is 1. The molecule has 2 rings (SSSR count). The number of amides is 1. The van der Waals surface area contributed by atoms with Gasteiger partial charge in [-0.3, -0.25) is 14.0 Å². The van der Waals surface area contributed by atoms with E-state index in [-0.39, 0.29) is 11.7 Å². The molecule has 21 heavy (non-hydrogen) atoms. The van der Waals surface area contributed by atoms with Crippen LogP contribution in [-0.4, -0.2) is 28.0 Å². The number of ether oxygens (including phenoxy) is 1. The highest BCUT2D eigenvalue weighted by Crippen LogP contribution is 2.17. The minimum atomic E-state index is -1.51. The molecule has 1 unspecified atom stereocenters. The Kier molecular flexibility index (Phi) is 4.89. The summed E-state index contributed by atoms with van der Waals surface area (Å²) < 4.78 is 17.2. The number of nitrogens with zero attached hydrogens (tertiary/aromatic N) is 1. The Bertz CT molecular complexity index is 676. The molecule has 1 amide bonds. The predicted octanol–water partition coefficient (Wildman–Crippen LogP) is 1.42. The number of nitrogen functional groups attached to an aromatic ring is 1. The van der Waals surface area contributed by atoms with E-state index in [9.17, 15) is 9.00 Å². The number of anilines is 2. The maximum Gasteiger partial charge on any atom is 0.237 e. The quantitative estimate of drug-likeness (QED) is 0.871. The van der Waals surface area contributed by atoms with E-state index < -0.39 is 10.8 Å². The van der Waals surface area contributed by atoms with Gasteiger partial charge in [0.2, 0.25) is 5.91 Å². The van der Waals surface area contributed by atoms with Crippen LogP contribution in [0.15, 0.2) is 47.6 Å². The molecule has 0 aliphatic carbocycles. The molecular formula is C14H15N3O3S. The number of carbonyl (C=O) groups is 1. The van der Waals surface area contributed by atoms with Gasteiger partial charge in [0.25, 0.3) is 0 Å². The molecule has 0 saturated carbocycles. The minimum absolute atomic E-state index is 0.175. The Labute approximate surface area is 124 Å². The molecule has 7 heteroatoms. The van der Waals surface area contributed by atoms with Crippen molar-refractivity contribution in [1.29, 1.82) is 0 Å². The van der Waals surface area contributed by atoms with Crippen molar-refractivity contribution >= 4 is 28.1 Å². The Morgan fingerprint density at radius 2 is 2.24 bits per heavy atom.